The summed E-state index contributed by atoms with van der Waals surface area (Å²) in [7, 11) is 0. The second-order valence-electron chi connectivity index (χ2n) is 9.49. The number of nitro groups is 1. The van der Waals surface area contributed by atoms with Crippen LogP contribution >= 0.6 is 0 Å². The molecule has 0 bridgehead atoms. The number of benzene rings is 2. The molecular formula is C27H32N6O7. The molecule has 13 heteroatoms. The van der Waals surface area contributed by atoms with Crippen molar-refractivity contribution in [2.24, 2.45) is 0 Å². The second kappa shape index (κ2) is 13.1. The number of amidine groups is 1. The zero-order chi connectivity index (χ0) is 28.6. The summed E-state index contributed by atoms with van der Waals surface area (Å²) >= 11 is 0. The summed E-state index contributed by atoms with van der Waals surface area (Å²) in [6.45, 7) is 7.18. The van der Waals surface area contributed by atoms with Crippen molar-refractivity contribution in [3.8, 4) is 0 Å². The smallest absolute Gasteiger partial charge is 0.414 e. The maximum Gasteiger partial charge on any atom is 0.414 e. The SMILES string of the molecule is CCOC(=O)CCN1CCN(CC2CN(c3ccc(C(=N)NC(=O)c4ccc([N+](=O)[O-])cc4)cc3)C(=O)O2)CC1. The van der Waals surface area contributed by atoms with E-state index in [0.717, 1.165) is 26.2 Å². The van der Waals surface area contributed by atoms with Crippen molar-refractivity contribution < 1.29 is 28.8 Å². The van der Waals surface area contributed by atoms with Crippen LogP contribution < -0.4 is 10.2 Å². The van der Waals surface area contributed by atoms with Gasteiger partial charge in [-0.1, -0.05) is 0 Å². The van der Waals surface area contributed by atoms with Gasteiger partial charge in [-0.15, -0.1) is 0 Å². The molecule has 13 nitrogen and oxygen atoms in total. The predicted octanol–water partition coefficient (Wildman–Crippen LogP) is 2.25. The lowest BCUT2D eigenvalue weighted by atomic mass is 10.1. The molecule has 2 aliphatic heterocycles. The van der Waals surface area contributed by atoms with Crippen LogP contribution in [0.3, 0.4) is 0 Å². The first kappa shape index (κ1) is 28.6. The molecule has 40 heavy (non-hydrogen) atoms. The Labute approximate surface area is 231 Å². The number of anilines is 1. The van der Waals surface area contributed by atoms with Gasteiger partial charge in [0.2, 0.25) is 0 Å². The summed E-state index contributed by atoms with van der Waals surface area (Å²) in [6, 6.07) is 11.7. The van der Waals surface area contributed by atoms with Gasteiger partial charge in [-0.05, 0) is 43.3 Å². The predicted molar refractivity (Wildman–Crippen MR) is 146 cm³/mol. The maximum absolute atomic E-state index is 12.6. The lowest BCUT2D eigenvalue weighted by Crippen LogP contribution is -2.49. The van der Waals surface area contributed by atoms with Crippen molar-refractivity contribution in [1.29, 1.82) is 5.41 Å². The van der Waals surface area contributed by atoms with E-state index in [0.29, 0.717) is 43.9 Å². The Hall–Kier alpha value is -4.36. The van der Waals surface area contributed by atoms with Gasteiger partial charge in [0.05, 0.1) is 24.5 Å². The monoisotopic (exact) mass is 552 g/mol. The Bertz CT molecular complexity index is 1240. The molecule has 2 aromatic rings. The Morgan fingerprint density at radius 1 is 1.05 bits per heavy atom. The van der Waals surface area contributed by atoms with E-state index in [1.54, 1.807) is 36.1 Å². The van der Waals surface area contributed by atoms with Gasteiger partial charge >= 0.3 is 12.1 Å². The fourth-order valence-corrected chi connectivity index (χ4v) is 4.59. The third-order valence-electron chi connectivity index (χ3n) is 6.78. The molecule has 2 saturated heterocycles. The number of non-ortho nitro benzene ring substituents is 1. The highest BCUT2D eigenvalue weighted by atomic mass is 16.6. The fraction of sp³-hybridized carbons (Fsp3) is 0.407. The lowest BCUT2D eigenvalue weighted by molar-refractivity contribution is -0.384. The zero-order valence-electron chi connectivity index (χ0n) is 22.2. The number of cyclic esters (lactones) is 1. The summed E-state index contributed by atoms with van der Waals surface area (Å²) in [4.78, 5) is 52.8. The van der Waals surface area contributed by atoms with Gasteiger partial charge in [-0.2, -0.15) is 0 Å². The molecule has 2 amide bonds. The number of rotatable bonds is 10. The molecule has 212 valence electrons. The normalized spacial score (nSPS) is 17.8. The average Bonchev–Trinajstić information content (AvgIpc) is 3.32. The number of nitrogens with zero attached hydrogens (tertiary/aromatic N) is 4. The molecule has 2 aliphatic rings. The number of hydrogen-bond acceptors (Lipinski definition) is 10. The summed E-state index contributed by atoms with van der Waals surface area (Å²) in [5.41, 5.74) is 1.12. The molecule has 2 N–H and O–H groups in total. The number of carbonyl (C=O) groups excluding carboxylic acids is 3. The molecule has 4 rings (SSSR count). The number of nitrogens with one attached hydrogen (secondary N) is 2. The molecule has 2 aromatic carbocycles. The van der Waals surface area contributed by atoms with Crippen molar-refractivity contribution in [2.75, 3.05) is 57.3 Å². The van der Waals surface area contributed by atoms with Crippen LogP contribution in [0.5, 0.6) is 0 Å². The van der Waals surface area contributed by atoms with Gasteiger partial charge in [0.15, 0.2) is 0 Å². The molecule has 0 saturated carbocycles. The van der Waals surface area contributed by atoms with Crippen molar-refractivity contribution in [1.82, 2.24) is 15.1 Å². The van der Waals surface area contributed by atoms with Crippen LogP contribution in [0.1, 0.15) is 29.3 Å². The third kappa shape index (κ3) is 7.39. The Morgan fingerprint density at radius 3 is 2.30 bits per heavy atom. The van der Waals surface area contributed by atoms with Crippen molar-refractivity contribution >= 4 is 35.2 Å². The topological polar surface area (TPSA) is 158 Å². The highest BCUT2D eigenvalue weighted by Gasteiger charge is 2.34. The molecule has 1 atom stereocenters. The van der Waals surface area contributed by atoms with Gasteiger partial charge in [0, 0.05) is 68.2 Å². The first-order chi connectivity index (χ1) is 19.2. The first-order valence-corrected chi connectivity index (χ1v) is 13.1. The third-order valence-corrected chi connectivity index (χ3v) is 6.78. The van der Waals surface area contributed by atoms with Gasteiger partial charge in [0.1, 0.15) is 11.9 Å². The lowest BCUT2D eigenvalue weighted by Gasteiger charge is -2.35. The van der Waals surface area contributed by atoms with E-state index in [9.17, 15) is 24.5 Å². The highest BCUT2D eigenvalue weighted by Crippen LogP contribution is 2.23. The minimum Gasteiger partial charge on any atom is -0.466 e. The van der Waals surface area contributed by atoms with Gasteiger partial charge < -0.3 is 19.7 Å². The molecule has 0 aromatic heterocycles. The molecule has 2 heterocycles. The number of hydrogen-bond donors (Lipinski definition) is 2. The molecular weight excluding hydrogens is 520 g/mol. The van der Waals surface area contributed by atoms with E-state index in [1.165, 1.54) is 24.3 Å². The number of amides is 2. The standard InChI is InChI=1S/C27H32N6O7/c1-2-39-24(34)11-12-30-13-15-31(16-14-30)17-23-18-32(27(36)40-23)21-7-3-19(4-8-21)25(28)29-26(35)20-5-9-22(10-6-20)33(37)38/h3-10,23H,2,11-18H2,1H3,(H2,28,29,35). The summed E-state index contributed by atoms with van der Waals surface area (Å²) < 4.78 is 10.6. The molecule has 0 spiro atoms. The molecule has 0 radical (unpaired) electrons. The number of esters is 1. The zero-order valence-corrected chi connectivity index (χ0v) is 22.2. The van der Waals surface area contributed by atoms with E-state index in [2.05, 4.69) is 15.1 Å². The van der Waals surface area contributed by atoms with Crippen LogP contribution in [0.25, 0.3) is 0 Å². The van der Waals surface area contributed by atoms with Crippen LogP contribution in [0.4, 0.5) is 16.2 Å². The quantitative estimate of drug-likeness (QED) is 0.148. The summed E-state index contributed by atoms with van der Waals surface area (Å²) in [6.07, 6.45) is -0.335. The van der Waals surface area contributed by atoms with Crippen LogP contribution in [0.2, 0.25) is 0 Å². The molecule has 2 fully saturated rings. The second-order valence-corrected chi connectivity index (χ2v) is 9.49. The van der Waals surface area contributed by atoms with Crippen LogP contribution in [-0.4, -0.2) is 97.1 Å². The summed E-state index contributed by atoms with van der Waals surface area (Å²) in [5.74, 6) is -0.882. The average molecular weight is 553 g/mol. The maximum atomic E-state index is 12.6. The van der Waals surface area contributed by atoms with Gasteiger partial charge in [-0.25, -0.2) is 4.79 Å². The highest BCUT2D eigenvalue weighted by molar-refractivity contribution is 6.11. The van der Waals surface area contributed by atoms with Crippen LogP contribution in [-0.2, 0) is 14.3 Å². The van der Waals surface area contributed by atoms with E-state index in [-0.39, 0.29) is 29.2 Å². The van der Waals surface area contributed by atoms with E-state index in [1.807, 2.05) is 0 Å². The van der Waals surface area contributed by atoms with Crippen molar-refractivity contribution in [3.05, 3.63) is 69.8 Å². The summed E-state index contributed by atoms with van der Waals surface area (Å²) in [5, 5.41) is 21.5. The van der Waals surface area contributed by atoms with E-state index < -0.39 is 16.9 Å². The van der Waals surface area contributed by atoms with Crippen molar-refractivity contribution in [3.63, 3.8) is 0 Å². The van der Waals surface area contributed by atoms with Crippen LogP contribution in [0, 0.1) is 15.5 Å². The number of carbonyl (C=O) groups is 3. The number of nitro benzene ring substituents is 1. The minimum atomic E-state index is -0.560. The first-order valence-electron chi connectivity index (χ1n) is 13.1. The van der Waals surface area contributed by atoms with Crippen LogP contribution in [0.15, 0.2) is 48.5 Å². The Balaban J connectivity index is 1.24. The number of ether oxygens (including phenoxy) is 2. The van der Waals surface area contributed by atoms with E-state index >= 15 is 0 Å². The Kier molecular flexibility index (Phi) is 9.40. The van der Waals surface area contributed by atoms with Gasteiger partial charge in [-0.3, -0.25) is 34.9 Å². The van der Waals surface area contributed by atoms with Gasteiger partial charge in [0.25, 0.3) is 11.6 Å². The van der Waals surface area contributed by atoms with Crippen molar-refractivity contribution in [2.45, 2.75) is 19.4 Å². The Morgan fingerprint density at radius 2 is 1.68 bits per heavy atom. The number of piperazine rings is 1. The largest absolute Gasteiger partial charge is 0.466 e. The molecule has 1 unspecified atom stereocenters. The molecule has 0 aliphatic carbocycles. The fourth-order valence-electron chi connectivity index (χ4n) is 4.59. The minimum absolute atomic E-state index is 0.129. The van der Waals surface area contributed by atoms with E-state index in [4.69, 9.17) is 14.9 Å².